The lowest BCUT2D eigenvalue weighted by Gasteiger charge is -2.30. The number of hydrogen-bond donors (Lipinski definition) is 2. The molecule has 0 saturated carbocycles. The van der Waals surface area contributed by atoms with Gasteiger partial charge < -0.3 is 10.2 Å². The Bertz CT molecular complexity index is 1030. The van der Waals surface area contributed by atoms with Gasteiger partial charge in [-0.25, -0.2) is 10.0 Å². The summed E-state index contributed by atoms with van der Waals surface area (Å²) in [4.78, 5) is 18.4. The van der Waals surface area contributed by atoms with Gasteiger partial charge in [-0.05, 0) is 80.5 Å². The molecule has 1 aliphatic heterocycles. The molecule has 3 aromatic rings. The molecule has 4 rings (SSSR count). The first kappa shape index (κ1) is 21.9. The Kier molecular flexibility index (Phi) is 6.78. The molecule has 166 valence electrons. The minimum absolute atomic E-state index is 0.106. The van der Waals surface area contributed by atoms with Crippen LogP contribution in [-0.2, 0) is 11.3 Å². The van der Waals surface area contributed by atoms with Gasteiger partial charge in [-0.15, -0.1) is 0 Å². The molecule has 0 radical (unpaired) electrons. The van der Waals surface area contributed by atoms with Gasteiger partial charge in [0.15, 0.2) is 0 Å². The lowest BCUT2D eigenvalue weighted by atomic mass is 9.96. The van der Waals surface area contributed by atoms with Gasteiger partial charge in [-0.1, -0.05) is 24.3 Å². The normalized spacial score (nSPS) is 14.8. The highest BCUT2D eigenvalue weighted by atomic mass is 19.1. The number of hydrogen-bond acceptors (Lipinski definition) is 5. The largest absolute Gasteiger partial charge is 0.356 e. The summed E-state index contributed by atoms with van der Waals surface area (Å²) in [5, 5.41) is 14.4. The molecular weight excluding hydrogens is 407 g/mol. The van der Waals surface area contributed by atoms with E-state index in [1.807, 2.05) is 55.6 Å². The summed E-state index contributed by atoms with van der Waals surface area (Å²) in [5.41, 5.74) is 4.48. The van der Waals surface area contributed by atoms with E-state index in [2.05, 4.69) is 15.2 Å². The minimum atomic E-state index is -0.494. The summed E-state index contributed by atoms with van der Waals surface area (Å²) in [7, 11) is 2.05. The number of carbonyl (C=O) groups is 1. The Balaban J connectivity index is 1.32. The number of rotatable bonds is 6. The Morgan fingerprint density at radius 1 is 1.03 bits per heavy atom. The Hall–Kier alpha value is -3.29. The highest BCUT2D eigenvalue weighted by Crippen LogP contribution is 2.24. The lowest BCUT2D eigenvalue weighted by Crippen LogP contribution is -2.39. The molecule has 2 heterocycles. The number of amides is 1. The Morgan fingerprint density at radius 3 is 2.22 bits per heavy atom. The van der Waals surface area contributed by atoms with E-state index in [-0.39, 0.29) is 18.4 Å². The van der Waals surface area contributed by atoms with Crippen molar-refractivity contribution in [3.63, 3.8) is 0 Å². The number of aromatic nitrogens is 1. The van der Waals surface area contributed by atoms with E-state index in [4.69, 9.17) is 0 Å². The zero-order valence-electron chi connectivity index (χ0n) is 18.0. The molecular formula is C25H27FN4O2. The number of carbonyl (C=O) groups excluding carboxylic acids is 1. The summed E-state index contributed by atoms with van der Waals surface area (Å²) >= 11 is 0. The van der Waals surface area contributed by atoms with Crippen LogP contribution in [0.25, 0.3) is 11.1 Å². The average Bonchev–Trinajstić information content (AvgIpc) is 2.81. The van der Waals surface area contributed by atoms with Crippen molar-refractivity contribution in [2.24, 2.45) is 5.92 Å². The molecule has 1 aromatic heterocycles. The molecule has 0 unspecified atom stereocenters. The average molecular weight is 435 g/mol. The molecule has 32 heavy (non-hydrogen) atoms. The zero-order chi connectivity index (χ0) is 22.5. The van der Waals surface area contributed by atoms with Crippen LogP contribution >= 0.6 is 0 Å². The number of pyridine rings is 1. The summed E-state index contributed by atoms with van der Waals surface area (Å²) in [6, 6.07) is 18.5. The van der Waals surface area contributed by atoms with E-state index in [1.165, 1.54) is 12.3 Å². The van der Waals surface area contributed by atoms with E-state index in [0.29, 0.717) is 0 Å². The second-order valence-corrected chi connectivity index (χ2v) is 8.24. The van der Waals surface area contributed by atoms with Crippen LogP contribution in [0.4, 0.5) is 15.8 Å². The molecule has 0 aliphatic carbocycles. The van der Waals surface area contributed by atoms with Crippen LogP contribution in [0.5, 0.6) is 0 Å². The predicted molar refractivity (Wildman–Crippen MR) is 122 cm³/mol. The van der Waals surface area contributed by atoms with Gasteiger partial charge in [0.2, 0.25) is 11.9 Å². The van der Waals surface area contributed by atoms with Gasteiger partial charge in [0.05, 0.1) is 6.54 Å². The third-order valence-corrected chi connectivity index (χ3v) is 5.84. The number of anilines is 2. The Labute approximate surface area is 187 Å². The maximum absolute atomic E-state index is 13.0. The number of nitrogens with zero attached hydrogens (tertiary/aromatic N) is 3. The molecule has 6 nitrogen and oxygen atoms in total. The van der Waals surface area contributed by atoms with Gasteiger partial charge in [0.25, 0.3) is 0 Å². The summed E-state index contributed by atoms with van der Waals surface area (Å²) in [6.45, 7) is 1.94. The summed E-state index contributed by atoms with van der Waals surface area (Å²) < 4.78 is 13.0. The van der Waals surface area contributed by atoms with Crippen LogP contribution in [0.2, 0.25) is 0 Å². The van der Waals surface area contributed by atoms with Crippen LogP contribution in [0.15, 0.2) is 66.9 Å². The summed E-state index contributed by atoms with van der Waals surface area (Å²) in [6.07, 6.45) is 3.08. The van der Waals surface area contributed by atoms with Crippen LogP contribution in [0.1, 0.15) is 18.4 Å². The van der Waals surface area contributed by atoms with Gasteiger partial charge in [-0.2, -0.15) is 4.39 Å². The first-order valence-corrected chi connectivity index (χ1v) is 10.7. The third-order valence-electron chi connectivity index (χ3n) is 5.84. The van der Waals surface area contributed by atoms with E-state index < -0.39 is 5.95 Å². The second-order valence-electron chi connectivity index (χ2n) is 8.24. The maximum atomic E-state index is 13.0. The standard InChI is InChI=1S/C25H27FN4O2/c1-29-14-12-20(13-15-29)25(31)30(32)17-18-2-7-22(8-3-18)28-23-9-4-19(5-10-23)21-6-11-24(26)27-16-21/h2-11,16,20,28,32H,12-15,17H2,1H3. The number of likely N-dealkylation sites (tertiary alicyclic amines) is 1. The molecule has 1 saturated heterocycles. The maximum Gasteiger partial charge on any atom is 0.249 e. The monoisotopic (exact) mass is 434 g/mol. The minimum Gasteiger partial charge on any atom is -0.356 e. The van der Waals surface area contributed by atoms with E-state index >= 15 is 0 Å². The molecule has 2 N–H and O–H groups in total. The fraction of sp³-hybridized carbons (Fsp3) is 0.280. The quantitative estimate of drug-likeness (QED) is 0.335. The molecule has 0 spiro atoms. The molecule has 2 aromatic carbocycles. The van der Waals surface area contributed by atoms with Crippen LogP contribution in [0.3, 0.4) is 0 Å². The van der Waals surface area contributed by atoms with Gasteiger partial charge >= 0.3 is 0 Å². The number of nitrogens with one attached hydrogen (secondary N) is 1. The molecule has 0 bridgehead atoms. The number of benzene rings is 2. The van der Waals surface area contributed by atoms with Crippen LogP contribution in [0, 0.1) is 11.9 Å². The number of piperidine rings is 1. The predicted octanol–water partition coefficient (Wildman–Crippen LogP) is 4.69. The number of halogens is 1. The van der Waals surface area contributed by atoms with Crippen molar-refractivity contribution in [1.29, 1.82) is 0 Å². The van der Waals surface area contributed by atoms with Crippen molar-refractivity contribution in [3.8, 4) is 11.1 Å². The summed E-state index contributed by atoms with van der Waals surface area (Å²) in [5.74, 6) is -0.798. The zero-order valence-corrected chi connectivity index (χ0v) is 18.0. The molecule has 1 amide bonds. The lowest BCUT2D eigenvalue weighted by molar-refractivity contribution is -0.174. The third kappa shape index (κ3) is 5.49. The fourth-order valence-corrected chi connectivity index (χ4v) is 3.87. The van der Waals surface area contributed by atoms with Crippen molar-refractivity contribution in [2.45, 2.75) is 19.4 Å². The SMILES string of the molecule is CN1CCC(C(=O)N(O)Cc2ccc(Nc3ccc(-c4ccc(F)nc4)cc3)cc2)CC1. The van der Waals surface area contributed by atoms with Gasteiger partial charge in [0.1, 0.15) is 0 Å². The highest BCUT2D eigenvalue weighted by Gasteiger charge is 2.27. The van der Waals surface area contributed by atoms with E-state index in [9.17, 15) is 14.4 Å². The molecule has 1 aliphatic rings. The van der Waals surface area contributed by atoms with Gasteiger partial charge in [-0.3, -0.25) is 10.0 Å². The van der Waals surface area contributed by atoms with Crippen molar-refractivity contribution in [2.75, 3.05) is 25.5 Å². The second kappa shape index (κ2) is 9.89. The van der Waals surface area contributed by atoms with Crippen LogP contribution in [-0.4, -0.2) is 46.2 Å². The highest BCUT2D eigenvalue weighted by molar-refractivity contribution is 5.77. The van der Waals surface area contributed by atoms with Crippen molar-refractivity contribution in [3.05, 3.63) is 78.4 Å². The molecule has 7 heteroatoms. The fourth-order valence-electron chi connectivity index (χ4n) is 3.87. The first-order valence-electron chi connectivity index (χ1n) is 10.7. The van der Waals surface area contributed by atoms with Crippen molar-refractivity contribution >= 4 is 17.3 Å². The van der Waals surface area contributed by atoms with Gasteiger partial charge in [0, 0.05) is 29.1 Å². The van der Waals surface area contributed by atoms with Crippen molar-refractivity contribution in [1.82, 2.24) is 14.9 Å². The molecule has 1 fully saturated rings. The van der Waals surface area contributed by atoms with E-state index in [1.54, 1.807) is 6.07 Å². The topological polar surface area (TPSA) is 68.7 Å². The molecule has 0 atom stereocenters. The Morgan fingerprint density at radius 2 is 1.62 bits per heavy atom. The first-order chi connectivity index (χ1) is 15.5. The smallest absolute Gasteiger partial charge is 0.249 e. The number of hydroxylamine groups is 2. The van der Waals surface area contributed by atoms with E-state index in [0.717, 1.165) is 59.1 Å². The van der Waals surface area contributed by atoms with Crippen molar-refractivity contribution < 1.29 is 14.4 Å². The van der Waals surface area contributed by atoms with Crippen LogP contribution < -0.4 is 5.32 Å².